The average molecular weight is 155 g/mol. The third-order valence-electron chi connectivity index (χ3n) is 2.74. The first-order chi connectivity index (χ1) is 4.98. The molecule has 11 heavy (non-hydrogen) atoms. The first kappa shape index (κ1) is 10.7. The Kier molecular flexibility index (Phi) is 3.81. The highest BCUT2D eigenvalue weighted by Crippen LogP contribution is 2.20. The third-order valence-corrected chi connectivity index (χ3v) is 2.74. The Hall–Kier alpha value is -0.300. The van der Waals surface area contributed by atoms with Gasteiger partial charge in [-0.3, -0.25) is 4.90 Å². The maximum Gasteiger partial charge on any atom is 0.0357 e. The Balaban J connectivity index is 4.36. The molecule has 0 rings (SSSR count). The number of hydrogen-bond acceptors (Lipinski definition) is 1. The van der Waals surface area contributed by atoms with Gasteiger partial charge in [-0.15, -0.1) is 6.58 Å². The second-order valence-corrected chi connectivity index (χ2v) is 3.62. The molecule has 0 saturated carbocycles. The van der Waals surface area contributed by atoms with Crippen molar-refractivity contribution in [2.75, 3.05) is 7.05 Å². The summed E-state index contributed by atoms with van der Waals surface area (Å²) in [7, 11) is 2.15. The van der Waals surface area contributed by atoms with Crippen molar-refractivity contribution in [3.63, 3.8) is 0 Å². The molecule has 1 unspecified atom stereocenters. The van der Waals surface area contributed by atoms with Crippen LogP contribution in [0.15, 0.2) is 12.7 Å². The van der Waals surface area contributed by atoms with E-state index >= 15 is 0 Å². The van der Waals surface area contributed by atoms with Crippen molar-refractivity contribution >= 4 is 0 Å². The zero-order valence-electron chi connectivity index (χ0n) is 8.52. The van der Waals surface area contributed by atoms with Gasteiger partial charge in [0.2, 0.25) is 0 Å². The largest absolute Gasteiger partial charge is 0.295 e. The Labute approximate surface area is 71.1 Å². The number of rotatable bonds is 4. The Morgan fingerprint density at radius 2 is 2.00 bits per heavy atom. The summed E-state index contributed by atoms with van der Waals surface area (Å²) < 4.78 is 0. The fourth-order valence-corrected chi connectivity index (χ4v) is 1.13. The van der Waals surface area contributed by atoms with Crippen LogP contribution >= 0.6 is 0 Å². The van der Waals surface area contributed by atoms with Gasteiger partial charge in [-0.25, -0.2) is 0 Å². The zero-order chi connectivity index (χ0) is 9.07. The molecule has 66 valence electrons. The van der Waals surface area contributed by atoms with Crippen LogP contribution in [-0.2, 0) is 0 Å². The highest BCUT2D eigenvalue weighted by Gasteiger charge is 2.24. The third kappa shape index (κ3) is 2.33. The van der Waals surface area contributed by atoms with Crippen LogP contribution in [0.5, 0.6) is 0 Å². The Morgan fingerprint density at radius 3 is 2.09 bits per heavy atom. The standard InChI is InChI=1S/C10H21N/c1-7-10(5,8-2)11(6)9(3)4/h7,9H,1,8H2,2-6H3. The van der Waals surface area contributed by atoms with Gasteiger partial charge in [-0.2, -0.15) is 0 Å². The van der Waals surface area contributed by atoms with Crippen LogP contribution < -0.4 is 0 Å². The molecule has 0 amide bonds. The average Bonchev–Trinajstić information content (AvgIpc) is 2.01. The van der Waals surface area contributed by atoms with Crippen LogP contribution in [0.2, 0.25) is 0 Å². The number of likely N-dealkylation sites (N-methyl/N-ethyl adjacent to an activating group) is 1. The van der Waals surface area contributed by atoms with E-state index in [0.29, 0.717) is 6.04 Å². The minimum Gasteiger partial charge on any atom is -0.295 e. The molecule has 1 nitrogen and oxygen atoms in total. The van der Waals surface area contributed by atoms with Crippen LogP contribution in [-0.4, -0.2) is 23.5 Å². The van der Waals surface area contributed by atoms with Gasteiger partial charge in [0, 0.05) is 11.6 Å². The summed E-state index contributed by atoms with van der Waals surface area (Å²) in [6, 6.07) is 0.581. The highest BCUT2D eigenvalue weighted by atomic mass is 15.2. The molecule has 0 aliphatic rings. The van der Waals surface area contributed by atoms with Crippen molar-refractivity contribution in [2.45, 2.75) is 45.7 Å². The molecule has 1 atom stereocenters. The van der Waals surface area contributed by atoms with Crippen molar-refractivity contribution in [1.82, 2.24) is 4.90 Å². The van der Waals surface area contributed by atoms with Crippen LogP contribution in [0.4, 0.5) is 0 Å². The molecule has 0 saturated heterocycles. The van der Waals surface area contributed by atoms with Gasteiger partial charge in [0.15, 0.2) is 0 Å². The summed E-state index contributed by atoms with van der Waals surface area (Å²) in [6.07, 6.45) is 3.15. The van der Waals surface area contributed by atoms with Gasteiger partial charge in [-0.05, 0) is 34.2 Å². The second-order valence-electron chi connectivity index (χ2n) is 3.62. The minimum absolute atomic E-state index is 0.161. The van der Waals surface area contributed by atoms with Crippen LogP contribution in [0, 0.1) is 0 Å². The van der Waals surface area contributed by atoms with E-state index < -0.39 is 0 Å². The first-order valence-electron chi connectivity index (χ1n) is 4.34. The monoisotopic (exact) mass is 155 g/mol. The molecule has 0 bridgehead atoms. The molecule has 0 N–H and O–H groups in total. The predicted octanol–water partition coefficient (Wildman–Crippen LogP) is 2.68. The van der Waals surface area contributed by atoms with E-state index in [4.69, 9.17) is 0 Å². The zero-order valence-corrected chi connectivity index (χ0v) is 8.52. The summed E-state index contributed by atoms with van der Waals surface area (Å²) >= 11 is 0. The summed E-state index contributed by atoms with van der Waals surface area (Å²) in [4.78, 5) is 2.35. The highest BCUT2D eigenvalue weighted by molar-refractivity contribution is 4.99. The second kappa shape index (κ2) is 3.91. The lowest BCUT2D eigenvalue weighted by Gasteiger charge is -2.38. The Morgan fingerprint density at radius 1 is 1.55 bits per heavy atom. The molecular formula is C10H21N. The lowest BCUT2D eigenvalue weighted by Crippen LogP contribution is -2.45. The van der Waals surface area contributed by atoms with Gasteiger partial charge in [-0.1, -0.05) is 13.0 Å². The summed E-state index contributed by atoms with van der Waals surface area (Å²) in [5.74, 6) is 0. The maximum atomic E-state index is 3.87. The normalized spacial score (nSPS) is 17.0. The predicted molar refractivity (Wildman–Crippen MR) is 51.8 cm³/mol. The van der Waals surface area contributed by atoms with E-state index in [1.807, 2.05) is 6.08 Å². The maximum absolute atomic E-state index is 3.87. The topological polar surface area (TPSA) is 3.24 Å². The van der Waals surface area contributed by atoms with Gasteiger partial charge in [0.05, 0.1) is 0 Å². The summed E-state index contributed by atoms with van der Waals surface area (Å²) in [5, 5.41) is 0. The summed E-state index contributed by atoms with van der Waals surface area (Å²) in [6.45, 7) is 12.7. The van der Waals surface area contributed by atoms with Crippen molar-refractivity contribution < 1.29 is 0 Å². The molecule has 0 aromatic heterocycles. The minimum atomic E-state index is 0.161. The van der Waals surface area contributed by atoms with Crippen LogP contribution in [0.25, 0.3) is 0 Å². The van der Waals surface area contributed by atoms with E-state index in [-0.39, 0.29) is 5.54 Å². The fraction of sp³-hybridized carbons (Fsp3) is 0.800. The van der Waals surface area contributed by atoms with E-state index in [9.17, 15) is 0 Å². The van der Waals surface area contributed by atoms with Crippen molar-refractivity contribution in [3.05, 3.63) is 12.7 Å². The van der Waals surface area contributed by atoms with E-state index in [2.05, 4.69) is 46.2 Å². The van der Waals surface area contributed by atoms with Crippen molar-refractivity contribution in [2.24, 2.45) is 0 Å². The molecule has 0 aromatic rings. The first-order valence-corrected chi connectivity index (χ1v) is 4.34. The number of nitrogens with zero attached hydrogens (tertiary/aromatic N) is 1. The lowest BCUT2D eigenvalue weighted by atomic mass is 9.96. The van der Waals surface area contributed by atoms with Gasteiger partial charge < -0.3 is 0 Å². The lowest BCUT2D eigenvalue weighted by molar-refractivity contribution is 0.141. The van der Waals surface area contributed by atoms with Gasteiger partial charge in [0.25, 0.3) is 0 Å². The molecule has 0 radical (unpaired) electrons. The quantitative estimate of drug-likeness (QED) is 0.564. The van der Waals surface area contributed by atoms with Gasteiger partial charge in [0.1, 0.15) is 0 Å². The SMILES string of the molecule is C=CC(C)(CC)N(C)C(C)C. The molecule has 0 heterocycles. The molecule has 0 spiro atoms. The molecule has 0 aliphatic heterocycles. The van der Waals surface area contributed by atoms with E-state index in [1.165, 1.54) is 0 Å². The van der Waals surface area contributed by atoms with Crippen LogP contribution in [0.3, 0.4) is 0 Å². The fourth-order valence-electron chi connectivity index (χ4n) is 1.13. The molecule has 0 fully saturated rings. The van der Waals surface area contributed by atoms with E-state index in [1.54, 1.807) is 0 Å². The molecular weight excluding hydrogens is 134 g/mol. The molecule has 0 aliphatic carbocycles. The molecule has 0 aromatic carbocycles. The van der Waals surface area contributed by atoms with Crippen LogP contribution in [0.1, 0.15) is 34.1 Å². The number of hydrogen-bond donors (Lipinski definition) is 0. The van der Waals surface area contributed by atoms with Crippen molar-refractivity contribution in [1.29, 1.82) is 0 Å². The smallest absolute Gasteiger partial charge is 0.0357 e. The molecule has 1 heteroatoms. The van der Waals surface area contributed by atoms with E-state index in [0.717, 1.165) is 6.42 Å². The summed E-state index contributed by atoms with van der Waals surface area (Å²) in [5.41, 5.74) is 0.161. The van der Waals surface area contributed by atoms with Crippen molar-refractivity contribution in [3.8, 4) is 0 Å². The Bertz CT molecular complexity index is 129. The van der Waals surface area contributed by atoms with Gasteiger partial charge >= 0.3 is 0 Å².